The molecule has 26 heavy (non-hydrogen) atoms. The van der Waals surface area contributed by atoms with Crippen molar-refractivity contribution in [2.45, 2.75) is 71.1 Å². The highest BCUT2D eigenvalue weighted by molar-refractivity contribution is 7.14. The Bertz CT molecular complexity index is 668. The Balaban J connectivity index is 1.81. The van der Waals surface area contributed by atoms with Crippen LogP contribution in [0.5, 0.6) is 0 Å². The van der Waals surface area contributed by atoms with E-state index >= 15 is 0 Å². The predicted molar refractivity (Wildman–Crippen MR) is 99.5 cm³/mol. The first-order valence-corrected chi connectivity index (χ1v) is 9.66. The van der Waals surface area contributed by atoms with Crippen LogP contribution in [0.3, 0.4) is 0 Å². The normalized spacial score (nSPS) is 20.3. The lowest BCUT2D eigenvalue weighted by atomic mass is 9.92. The zero-order chi connectivity index (χ0) is 19.5. The number of esters is 1. The van der Waals surface area contributed by atoms with Crippen LogP contribution in [0.2, 0.25) is 0 Å². The van der Waals surface area contributed by atoms with E-state index < -0.39 is 17.4 Å². The molecule has 1 amide bonds. The monoisotopic (exact) mass is 381 g/mol. The van der Waals surface area contributed by atoms with Gasteiger partial charge in [0.1, 0.15) is 11.7 Å². The Morgan fingerprint density at radius 2 is 1.73 bits per heavy atom. The van der Waals surface area contributed by atoms with E-state index in [0.29, 0.717) is 30.6 Å². The van der Waals surface area contributed by atoms with Crippen molar-refractivity contribution < 1.29 is 23.9 Å². The fourth-order valence-corrected chi connectivity index (χ4v) is 3.69. The van der Waals surface area contributed by atoms with Crippen molar-refractivity contribution in [2.24, 2.45) is 0 Å². The van der Waals surface area contributed by atoms with Crippen LogP contribution >= 0.6 is 11.3 Å². The number of carbonyl (C=O) groups is 3. The van der Waals surface area contributed by atoms with Crippen LogP contribution in [-0.2, 0) is 14.3 Å². The van der Waals surface area contributed by atoms with E-state index in [-0.39, 0.29) is 18.2 Å². The van der Waals surface area contributed by atoms with E-state index in [1.165, 1.54) is 11.3 Å². The van der Waals surface area contributed by atoms with Crippen LogP contribution in [-0.4, -0.2) is 47.5 Å². The summed E-state index contributed by atoms with van der Waals surface area (Å²) in [6.45, 7) is 7.39. The minimum Gasteiger partial charge on any atom is -0.456 e. The van der Waals surface area contributed by atoms with Gasteiger partial charge < -0.3 is 14.4 Å². The van der Waals surface area contributed by atoms with Gasteiger partial charge in [-0.25, -0.2) is 9.59 Å². The minimum atomic E-state index is -0.796. The van der Waals surface area contributed by atoms with Crippen molar-refractivity contribution in [1.82, 2.24) is 4.90 Å². The van der Waals surface area contributed by atoms with Crippen LogP contribution < -0.4 is 0 Å². The topological polar surface area (TPSA) is 72.9 Å². The standard InChI is InChI=1S/C19H27NO5S/c1-12-6-11-15(26-12)16(21)17(22)24-14-9-7-13(8-10-14)20(5)18(23)25-19(2,3)4/h6,11,13-14H,7-10H2,1-5H3. The lowest BCUT2D eigenvalue weighted by Crippen LogP contribution is -2.43. The largest absolute Gasteiger partial charge is 0.456 e. The molecule has 1 fully saturated rings. The first-order valence-electron chi connectivity index (χ1n) is 8.84. The van der Waals surface area contributed by atoms with Crippen LogP contribution in [0.1, 0.15) is 61.0 Å². The van der Waals surface area contributed by atoms with E-state index in [4.69, 9.17) is 9.47 Å². The molecular weight excluding hydrogens is 354 g/mol. The van der Waals surface area contributed by atoms with Crippen LogP contribution in [0.15, 0.2) is 12.1 Å². The van der Waals surface area contributed by atoms with Gasteiger partial charge >= 0.3 is 12.1 Å². The molecule has 7 heteroatoms. The van der Waals surface area contributed by atoms with E-state index in [0.717, 1.165) is 4.88 Å². The van der Waals surface area contributed by atoms with Crippen LogP contribution in [0.4, 0.5) is 4.79 Å². The van der Waals surface area contributed by atoms with Crippen molar-refractivity contribution in [3.05, 3.63) is 21.9 Å². The molecule has 2 rings (SSSR count). The van der Waals surface area contributed by atoms with Gasteiger partial charge in [-0.05, 0) is 65.5 Å². The number of thiophene rings is 1. The summed E-state index contributed by atoms with van der Waals surface area (Å²) >= 11 is 1.29. The highest BCUT2D eigenvalue weighted by atomic mass is 32.1. The van der Waals surface area contributed by atoms with Gasteiger partial charge in [0.25, 0.3) is 5.78 Å². The summed E-state index contributed by atoms with van der Waals surface area (Å²) in [4.78, 5) is 39.3. The van der Waals surface area contributed by atoms with E-state index in [1.807, 2.05) is 33.8 Å². The third kappa shape index (κ3) is 5.56. The molecule has 1 aromatic heterocycles. The van der Waals surface area contributed by atoms with Gasteiger partial charge in [0, 0.05) is 18.0 Å². The molecule has 0 radical (unpaired) electrons. The average molecular weight is 381 g/mol. The summed E-state index contributed by atoms with van der Waals surface area (Å²) in [5.41, 5.74) is -0.529. The maximum absolute atomic E-state index is 12.1. The van der Waals surface area contributed by atoms with Crippen molar-refractivity contribution in [3.63, 3.8) is 0 Å². The molecular formula is C19H27NO5S. The number of hydrogen-bond acceptors (Lipinski definition) is 6. The second kappa shape index (κ2) is 8.20. The zero-order valence-corrected chi connectivity index (χ0v) is 16.9. The second-order valence-corrected chi connectivity index (χ2v) is 8.95. The summed E-state index contributed by atoms with van der Waals surface area (Å²) in [5, 5.41) is 0. The molecule has 0 N–H and O–H groups in total. The zero-order valence-electron chi connectivity index (χ0n) is 16.0. The summed E-state index contributed by atoms with van der Waals surface area (Å²) in [6, 6.07) is 3.51. The number of aryl methyl sites for hydroxylation is 1. The Labute approximate surface area is 158 Å². The number of ether oxygens (including phenoxy) is 2. The predicted octanol–water partition coefficient (Wildman–Crippen LogP) is 3.96. The Morgan fingerprint density at radius 3 is 2.23 bits per heavy atom. The van der Waals surface area contributed by atoms with Crippen molar-refractivity contribution >= 4 is 29.2 Å². The van der Waals surface area contributed by atoms with Gasteiger partial charge in [0.15, 0.2) is 0 Å². The molecule has 1 aliphatic carbocycles. The number of amides is 1. The number of carbonyl (C=O) groups excluding carboxylic acids is 3. The fourth-order valence-electron chi connectivity index (χ4n) is 2.90. The number of rotatable bonds is 4. The SMILES string of the molecule is Cc1ccc(C(=O)C(=O)OC2CCC(N(C)C(=O)OC(C)(C)C)CC2)s1. The number of hydrogen-bond donors (Lipinski definition) is 0. The van der Waals surface area contributed by atoms with Gasteiger partial charge in [-0.1, -0.05) is 0 Å². The smallest absolute Gasteiger partial charge is 0.410 e. The van der Waals surface area contributed by atoms with E-state index in [9.17, 15) is 14.4 Å². The molecule has 0 saturated heterocycles. The van der Waals surface area contributed by atoms with Crippen LogP contribution in [0, 0.1) is 6.92 Å². The van der Waals surface area contributed by atoms with E-state index in [2.05, 4.69) is 0 Å². The molecule has 6 nitrogen and oxygen atoms in total. The molecule has 0 unspecified atom stereocenters. The third-order valence-corrected chi connectivity index (χ3v) is 5.30. The molecule has 0 spiro atoms. The van der Waals surface area contributed by atoms with Crippen LogP contribution in [0.25, 0.3) is 0 Å². The van der Waals surface area contributed by atoms with Gasteiger partial charge in [-0.3, -0.25) is 4.79 Å². The maximum Gasteiger partial charge on any atom is 0.410 e. The molecule has 1 heterocycles. The first-order chi connectivity index (χ1) is 12.1. The first kappa shape index (κ1) is 20.4. The lowest BCUT2D eigenvalue weighted by molar-refractivity contribution is -0.145. The third-order valence-electron chi connectivity index (χ3n) is 4.30. The molecule has 144 valence electrons. The molecule has 0 aliphatic heterocycles. The molecule has 0 bridgehead atoms. The van der Waals surface area contributed by atoms with Crippen molar-refractivity contribution in [1.29, 1.82) is 0 Å². The van der Waals surface area contributed by atoms with Crippen molar-refractivity contribution in [2.75, 3.05) is 7.05 Å². The summed E-state index contributed by atoms with van der Waals surface area (Å²) < 4.78 is 10.8. The number of ketones is 1. The average Bonchev–Trinajstić information content (AvgIpc) is 2.99. The quantitative estimate of drug-likeness (QED) is 0.448. The molecule has 0 aromatic carbocycles. The Hall–Kier alpha value is -1.89. The molecule has 1 aromatic rings. The Kier molecular flexibility index (Phi) is 6.44. The highest BCUT2D eigenvalue weighted by Crippen LogP contribution is 2.26. The van der Waals surface area contributed by atoms with E-state index in [1.54, 1.807) is 18.0 Å². The van der Waals surface area contributed by atoms with Gasteiger partial charge in [0.05, 0.1) is 4.88 Å². The van der Waals surface area contributed by atoms with Gasteiger partial charge in [0.2, 0.25) is 0 Å². The lowest BCUT2D eigenvalue weighted by Gasteiger charge is -2.35. The summed E-state index contributed by atoms with van der Waals surface area (Å²) in [6.07, 6.45) is 2.04. The second-order valence-electron chi connectivity index (χ2n) is 7.67. The highest BCUT2D eigenvalue weighted by Gasteiger charge is 2.32. The van der Waals surface area contributed by atoms with Crippen molar-refractivity contribution in [3.8, 4) is 0 Å². The molecule has 1 aliphatic rings. The van der Waals surface area contributed by atoms with Gasteiger partial charge in [-0.15, -0.1) is 11.3 Å². The minimum absolute atomic E-state index is 0.0513. The summed E-state index contributed by atoms with van der Waals surface area (Å²) in [7, 11) is 1.73. The fraction of sp³-hybridized carbons (Fsp3) is 0.632. The van der Waals surface area contributed by atoms with Gasteiger partial charge in [-0.2, -0.15) is 0 Å². The Morgan fingerprint density at radius 1 is 1.12 bits per heavy atom. The number of nitrogens with zero attached hydrogens (tertiary/aromatic N) is 1. The maximum atomic E-state index is 12.1. The molecule has 0 atom stereocenters. The molecule has 1 saturated carbocycles. The number of Topliss-reactive ketones (excluding diaryl/α,β-unsaturated/α-hetero) is 1. The summed E-state index contributed by atoms with van der Waals surface area (Å²) in [5.74, 6) is -1.38.